The Morgan fingerprint density at radius 3 is 2.62 bits per heavy atom. The third-order valence-corrected chi connectivity index (χ3v) is 7.05. The van der Waals surface area contributed by atoms with Crippen LogP contribution in [0.1, 0.15) is 40.4 Å². The summed E-state index contributed by atoms with van der Waals surface area (Å²) in [5.41, 5.74) is 2.85. The van der Waals surface area contributed by atoms with Gasteiger partial charge in [0, 0.05) is 16.8 Å². The Kier molecular flexibility index (Phi) is 6.20. The number of phenolic OH excluding ortho intramolecular Hbond substituents is 1. The summed E-state index contributed by atoms with van der Waals surface area (Å²) in [6.45, 7) is 7.09. The predicted molar refractivity (Wildman–Crippen MR) is 101 cm³/mol. The molecule has 2 rings (SSSR count). The Morgan fingerprint density at radius 2 is 2.08 bits per heavy atom. The molecule has 1 heterocycles. The van der Waals surface area contributed by atoms with Crippen molar-refractivity contribution in [2.45, 2.75) is 39.0 Å². The van der Waals surface area contributed by atoms with E-state index in [0.717, 1.165) is 11.1 Å². The van der Waals surface area contributed by atoms with E-state index >= 15 is 0 Å². The van der Waals surface area contributed by atoms with E-state index in [0.29, 0.717) is 29.7 Å². The molecule has 7 heteroatoms. The standard InChI is InChI=1S/C19H27O6P/c1-11(8-13(9-20)26(4,5)23)6-7-14-17(21)16-15(10-25-19(16)22)12(2)18(14)24-3/h6,13,20-21H,7-10H2,1-5H3/b11-6+. The number of allylic oxidation sites excluding steroid dienone is 2. The van der Waals surface area contributed by atoms with Crippen molar-refractivity contribution in [2.24, 2.45) is 0 Å². The van der Waals surface area contributed by atoms with Gasteiger partial charge in [0.05, 0.1) is 20.9 Å². The van der Waals surface area contributed by atoms with E-state index in [9.17, 15) is 19.6 Å². The zero-order valence-electron chi connectivity index (χ0n) is 16.0. The van der Waals surface area contributed by atoms with Crippen molar-refractivity contribution in [1.82, 2.24) is 0 Å². The number of aliphatic hydroxyl groups excluding tert-OH is 1. The van der Waals surface area contributed by atoms with E-state index in [1.165, 1.54) is 7.11 Å². The van der Waals surface area contributed by atoms with E-state index in [1.807, 2.05) is 19.9 Å². The minimum absolute atomic E-state index is 0.107. The molecule has 26 heavy (non-hydrogen) atoms. The number of esters is 1. The van der Waals surface area contributed by atoms with Crippen molar-refractivity contribution in [3.8, 4) is 11.5 Å². The van der Waals surface area contributed by atoms with Gasteiger partial charge in [-0.15, -0.1) is 0 Å². The van der Waals surface area contributed by atoms with Gasteiger partial charge >= 0.3 is 5.97 Å². The Morgan fingerprint density at radius 1 is 1.42 bits per heavy atom. The molecule has 0 saturated carbocycles. The predicted octanol–water partition coefficient (Wildman–Crippen LogP) is 3.24. The fourth-order valence-electron chi connectivity index (χ4n) is 3.24. The molecule has 0 spiro atoms. The number of phenols is 1. The zero-order chi connectivity index (χ0) is 19.6. The molecule has 1 atom stereocenters. The molecule has 0 aliphatic carbocycles. The van der Waals surface area contributed by atoms with Crippen LogP contribution < -0.4 is 4.74 Å². The molecule has 0 saturated heterocycles. The number of fused-ring (bicyclic) bond motifs is 1. The summed E-state index contributed by atoms with van der Waals surface area (Å²) in [5, 5.41) is 20.1. The second-order valence-electron chi connectivity index (χ2n) is 7.14. The van der Waals surface area contributed by atoms with Crippen molar-refractivity contribution >= 4 is 13.1 Å². The smallest absolute Gasteiger partial charge is 0.342 e. The fraction of sp³-hybridized carbons (Fsp3) is 0.526. The number of rotatable bonds is 7. The number of aromatic hydroxyl groups is 1. The lowest BCUT2D eigenvalue weighted by atomic mass is 9.94. The fourth-order valence-corrected chi connectivity index (χ4v) is 4.36. The first-order valence-electron chi connectivity index (χ1n) is 8.51. The second-order valence-corrected chi connectivity index (χ2v) is 10.7. The van der Waals surface area contributed by atoms with Gasteiger partial charge < -0.3 is 24.3 Å². The van der Waals surface area contributed by atoms with Gasteiger partial charge in [-0.05, 0) is 45.6 Å². The highest BCUT2D eigenvalue weighted by Crippen LogP contribution is 2.45. The van der Waals surface area contributed by atoms with Crippen LogP contribution in [-0.4, -0.2) is 48.9 Å². The normalized spacial score (nSPS) is 15.6. The number of hydrogen-bond donors (Lipinski definition) is 2. The number of hydrogen-bond acceptors (Lipinski definition) is 6. The molecule has 1 unspecified atom stereocenters. The first kappa shape index (κ1) is 20.5. The number of benzene rings is 1. The molecule has 0 aromatic heterocycles. The van der Waals surface area contributed by atoms with Crippen molar-refractivity contribution in [2.75, 3.05) is 27.0 Å². The van der Waals surface area contributed by atoms with Gasteiger partial charge in [0.2, 0.25) is 0 Å². The summed E-state index contributed by atoms with van der Waals surface area (Å²) < 4.78 is 22.7. The van der Waals surface area contributed by atoms with Crippen LogP contribution in [0.4, 0.5) is 0 Å². The summed E-state index contributed by atoms with van der Waals surface area (Å²) in [6.07, 6.45) is 2.77. The van der Waals surface area contributed by atoms with Crippen LogP contribution >= 0.6 is 7.14 Å². The van der Waals surface area contributed by atoms with Crippen molar-refractivity contribution in [3.63, 3.8) is 0 Å². The van der Waals surface area contributed by atoms with E-state index in [1.54, 1.807) is 13.3 Å². The van der Waals surface area contributed by atoms with Crippen molar-refractivity contribution in [3.05, 3.63) is 33.9 Å². The van der Waals surface area contributed by atoms with E-state index in [4.69, 9.17) is 9.47 Å². The van der Waals surface area contributed by atoms with Crippen molar-refractivity contribution in [1.29, 1.82) is 0 Å². The van der Waals surface area contributed by atoms with E-state index in [2.05, 4.69) is 0 Å². The number of aliphatic hydroxyl groups is 1. The molecular weight excluding hydrogens is 355 g/mol. The molecule has 0 bridgehead atoms. The largest absolute Gasteiger partial charge is 0.507 e. The average molecular weight is 382 g/mol. The maximum atomic E-state index is 12.2. The molecule has 144 valence electrons. The Labute approximate surface area is 154 Å². The molecule has 0 amide bonds. The summed E-state index contributed by atoms with van der Waals surface area (Å²) >= 11 is 0. The zero-order valence-corrected chi connectivity index (χ0v) is 16.9. The SMILES string of the molecule is COc1c(C)c2c(c(O)c1C/C=C(\C)CC(CO)P(C)(C)=O)C(=O)OC2. The molecule has 2 N–H and O–H groups in total. The molecule has 1 aliphatic heterocycles. The van der Waals surface area contributed by atoms with Gasteiger partial charge in [-0.1, -0.05) is 11.6 Å². The third-order valence-electron chi connectivity index (χ3n) is 4.95. The first-order valence-corrected chi connectivity index (χ1v) is 11.2. The van der Waals surface area contributed by atoms with Crippen LogP contribution in [0.2, 0.25) is 0 Å². The lowest BCUT2D eigenvalue weighted by molar-refractivity contribution is 0.0533. The number of cyclic esters (lactones) is 1. The van der Waals surface area contributed by atoms with Gasteiger partial charge in [0.25, 0.3) is 0 Å². The van der Waals surface area contributed by atoms with Gasteiger partial charge in [0.1, 0.15) is 23.7 Å². The summed E-state index contributed by atoms with van der Waals surface area (Å²) in [7, 11) is -0.877. The first-order chi connectivity index (χ1) is 12.1. The van der Waals surface area contributed by atoms with Crippen LogP contribution in [0.5, 0.6) is 11.5 Å². The van der Waals surface area contributed by atoms with E-state index < -0.39 is 13.1 Å². The van der Waals surface area contributed by atoms with Crippen LogP contribution in [-0.2, 0) is 22.3 Å². The third kappa shape index (κ3) is 3.97. The van der Waals surface area contributed by atoms with Gasteiger partial charge in [0.15, 0.2) is 0 Å². The molecule has 0 radical (unpaired) electrons. The lowest BCUT2D eigenvalue weighted by Crippen LogP contribution is -2.13. The quantitative estimate of drug-likeness (QED) is 0.427. The van der Waals surface area contributed by atoms with E-state index in [-0.39, 0.29) is 30.2 Å². The highest BCUT2D eigenvalue weighted by molar-refractivity contribution is 7.63. The molecule has 1 aromatic carbocycles. The van der Waals surface area contributed by atoms with Gasteiger partial charge in [-0.3, -0.25) is 0 Å². The average Bonchev–Trinajstić information content (AvgIpc) is 2.95. The van der Waals surface area contributed by atoms with Gasteiger partial charge in [-0.25, -0.2) is 4.79 Å². The molecule has 0 fully saturated rings. The Bertz CT molecular complexity index is 790. The molecular formula is C19H27O6P. The van der Waals surface area contributed by atoms with Crippen LogP contribution in [0, 0.1) is 6.92 Å². The number of ether oxygens (including phenoxy) is 2. The van der Waals surface area contributed by atoms with Crippen LogP contribution in [0.3, 0.4) is 0 Å². The highest BCUT2D eigenvalue weighted by Gasteiger charge is 2.32. The summed E-state index contributed by atoms with van der Waals surface area (Å²) in [5.74, 6) is -0.0909. The minimum atomic E-state index is -2.40. The number of carbonyl (C=O) groups excluding carboxylic acids is 1. The molecule has 1 aromatic rings. The topological polar surface area (TPSA) is 93.1 Å². The van der Waals surface area contributed by atoms with Crippen LogP contribution in [0.15, 0.2) is 11.6 Å². The second kappa shape index (κ2) is 7.85. The maximum absolute atomic E-state index is 12.2. The molecule has 1 aliphatic rings. The van der Waals surface area contributed by atoms with Crippen LogP contribution in [0.25, 0.3) is 0 Å². The Hall–Kier alpha value is -1.78. The van der Waals surface area contributed by atoms with Gasteiger partial charge in [-0.2, -0.15) is 0 Å². The minimum Gasteiger partial charge on any atom is -0.507 e. The molecule has 6 nitrogen and oxygen atoms in total. The van der Waals surface area contributed by atoms with Crippen molar-refractivity contribution < 1.29 is 29.0 Å². The monoisotopic (exact) mass is 382 g/mol. The summed E-state index contributed by atoms with van der Waals surface area (Å²) in [4.78, 5) is 11.9. The number of methoxy groups -OCH3 is 1. The maximum Gasteiger partial charge on any atom is 0.342 e. The highest BCUT2D eigenvalue weighted by atomic mass is 31.2. The summed E-state index contributed by atoms with van der Waals surface area (Å²) in [6, 6.07) is 0. The number of carbonyl (C=O) groups is 1. The Balaban J connectivity index is 2.35. The lowest BCUT2D eigenvalue weighted by Gasteiger charge is -2.19.